The average molecular weight is 267 g/mol. The van der Waals surface area contributed by atoms with Crippen molar-refractivity contribution in [3.05, 3.63) is 69.8 Å². The second-order valence-corrected chi connectivity index (χ2v) is 4.26. The molecule has 0 aliphatic heterocycles. The summed E-state index contributed by atoms with van der Waals surface area (Å²) in [5.74, 6) is 0. The lowest BCUT2D eigenvalue weighted by atomic mass is 10.1. The van der Waals surface area contributed by atoms with E-state index in [0.717, 1.165) is 16.8 Å². The summed E-state index contributed by atoms with van der Waals surface area (Å²) in [6.07, 6.45) is 0.373. The Morgan fingerprint density at radius 2 is 1.75 bits per heavy atom. The number of benzene rings is 2. The van der Waals surface area contributed by atoms with Crippen molar-refractivity contribution >= 4 is 11.4 Å². The number of anilines is 1. The van der Waals surface area contributed by atoms with Crippen molar-refractivity contribution < 1.29 is 4.92 Å². The summed E-state index contributed by atoms with van der Waals surface area (Å²) in [5, 5.41) is 22.5. The van der Waals surface area contributed by atoms with Crippen molar-refractivity contribution in [1.82, 2.24) is 0 Å². The van der Waals surface area contributed by atoms with Gasteiger partial charge in [0.25, 0.3) is 5.69 Å². The first kappa shape index (κ1) is 13.6. The number of nitro groups is 1. The fraction of sp³-hybridized carbons (Fsp3) is 0.133. The van der Waals surface area contributed by atoms with Gasteiger partial charge in [0.15, 0.2) is 0 Å². The number of hydrogen-bond donors (Lipinski definition) is 1. The summed E-state index contributed by atoms with van der Waals surface area (Å²) in [6.45, 7) is 0.579. The fourth-order valence-electron chi connectivity index (χ4n) is 1.89. The second-order valence-electron chi connectivity index (χ2n) is 4.26. The smallest absolute Gasteiger partial charge is 0.269 e. The summed E-state index contributed by atoms with van der Waals surface area (Å²) in [6, 6.07) is 16.1. The van der Waals surface area contributed by atoms with E-state index in [-0.39, 0.29) is 5.69 Å². The van der Waals surface area contributed by atoms with Gasteiger partial charge in [-0.2, -0.15) is 5.26 Å². The van der Waals surface area contributed by atoms with Crippen LogP contribution in [0, 0.1) is 21.4 Å². The van der Waals surface area contributed by atoms with E-state index in [1.807, 2.05) is 24.3 Å². The Morgan fingerprint density at radius 1 is 1.10 bits per heavy atom. The zero-order chi connectivity index (χ0) is 14.4. The summed E-state index contributed by atoms with van der Waals surface area (Å²) < 4.78 is 0. The first-order valence-corrected chi connectivity index (χ1v) is 6.13. The largest absolute Gasteiger partial charge is 0.381 e. The average Bonchev–Trinajstić information content (AvgIpc) is 2.47. The van der Waals surface area contributed by atoms with E-state index in [4.69, 9.17) is 5.26 Å². The third kappa shape index (κ3) is 3.33. The SMILES string of the molecule is N#CCc1ccccc1CNc1ccc([N+](=O)[O-])cc1. The number of nitriles is 1. The molecule has 0 fully saturated rings. The summed E-state index contributed by atoms with van der Waals surface area (Å²) in [5.41, 5.74) is 2.92. The highest BCUT2D eigenvalue weighted by Crippen LogP contribution is 2.17. The second kappa shape index (κ2) is 6.34. The summed E-state index contributed by atoms with van der Waals surface area (Å²) in [7, 11) is 0. The van der Waals surface area contributed by atoms with Crippen molar-refractivity contribution in [3.8, 4) is 6.07 Å². The van der Waals surface area contributed by atoms with E-state index in [1.54, 1.807) is 12.1 Å². The topological polar surface area (TPSA) is 79.0 Å². The van der Waals surface area contributed by atoms with Crippen LogP contribution in [0.2, 0.25) is 0 Å². The van der Waals surface area contributed by atoms with Crippen molar-refractivity contribution in [2.24, 2.45) is 0 Å². The number of hydrogen-bond acceptors (Lipinski definition) is 4. The molecule has 0 radical (unpaired) electrons. The molecule has 2 aromatic carbocycles. The molecule has 2 rings (SSSR count). The molecule has 1 N–H and O–H groups in total. The van der Waals surface area contributed by atoms with E-state index >= 15 is 0 Å². The molecule has 0 aromatic heterocycles. The first-order chi connectivity index (χ1) is 9.70. The van der Waals surface area contributed by atoms with Crippen molar-refractivity contribution in [2.45, 2.75) is 13.0 Å². The lowest BCUT2D eigenvalue weighted by molar-refractivity contribution is -0.384. The van der Waals surface area contributed by atoms with Gasteiger partial charge in [-0.3, -0.25) is 10.1 Å². The number of nitro benzene ring substituents is 1. The maximum atomic E-state index is 10.6. The van der Waals surface area contributed by atoms with Gasteiger partial charge >= 0.3 is 0 Å². The minimum absolute atomic E-state index is 0.0698. The molecule has 0 spiro atoms. The van der Waals surface area contributed by atoms with E-state index in [0.29, 0.717) is 13.0 Å². The first-order valence-electron chi connectivity index (χ1n) is 6.13. The van der Waals surface area contributed by atoms with Crippen LogP contribution in [-0.4, -0.2) is 4.92 Å². The van der Waals surface area contributed by atoms with Crippen molar-refractivity contribution in [3.63, 3.8) is 0 Å². The molecule has 0 aliphatic rings. The molecule has 5 nitrogen and oxygen atoms in total. The number of non-ortho nitro benzene ring substituents is 1. The Hall–Kier alpha value is -2.87. The third-order valence-corrected chi connectivity index (χ3v) is 2.95. The van der Waals surface area contributed by atoms with Crippen LogP contribution in [0.15, 0.2) is 48.5 Å². The molecule has 0 amide bonds. The van der Waals surface area contributed by atoms with Gasteiger partial charge in [-0.05, 0) is 23.3 Å². The normalized spacial score (nSPS) is 9.75. The van der Waals surface area contributed by atoms with Crippen molar-refractivity contribution in [2.75, 3.05) is 5.32 Å². The van der Waals surface area contributed by atoms with Crippen LogP contribution in [0.1, 0.15) is 11.1 Å². The monoisotopic (exact) mass is 267 g/mol. The van der Waals surface area contributed by atoms with Crippen LogP contribution in [0.5, 0.6) is 0 Å². The van der Waals surface area contributed by atoms with Gasteiger partial charge in [0.2, 0.25) is 0 Å². The zero-order valence-corrected chi connectivity index (χ0v) is 10.7. The fourth-order valence-corrected chi connectivity index (χ4v) is 1.89. The standard InChI is InChI=1S/C15H13N3O2/c16-10-9-12-3-1-2-4-13(12)11-17-14-5-7-15(8-6-14)18(19)20/h1-8,17H,9,11H2. The molecule has 0 heterocycles. The predicted octanol–water partition coefficient (Wildman–Crippen LogP) is 3.27. The van der Waals surface area contributed by atoms with Gasteiger partial charge in [0, 0.05) is 24.4 Å². The molecular formula is C15H13N3O2. The van der Waals surface area contributed by atoms with Gasteiger partial charge in [-0.15, -0.1) is 0 Å². The van der Waals surface area contributed by atoms with Gasteiger partial charge in [-0.1, -0.05) is 24.3 Å². The van der Waals surface area contributed by atoms with Crippen LogP contribution in [-0.2, 0) is 13.0 Å². The lowest BCUT2D eigenvalue weighted by Crippen LogP contribution is -2.02. The Morgan fingerprint density at radius 3 is 2.35 bits per heavy atom. The summed E-state index contributed by atoms with van der Waals surface area (Å²) >= 11 is 0. The molecule has 0 unspecified atom stereocenters. The van der Waals surface area contributed by atoms with E-state index < -0.39 is 4.92 Å². The number of rotatable bonds is 5. The number of nitrogens with zero attached hydrogens (tertiary/aromatic N) is 2. The van der Waals surface area contributed by atoms with Crippen LogP contribution in [0.25, 0.3) is 0 Å². The van der Waals surface area contributed by atoms with Crippen LogP contribution in [0.3, 0.4) is 0 Å². The molecule has 2 aromatic rings. The zero-order valence-electron chi connectivity index (χ0n) is 10.7. The molecule has 0 atom stereocenters. The molecule has 100 valence electrons. The van der Waals surface area contributed by atoms with Gasteiger partial charge in [0.1, 0.15) is 0 Å². The lowest BCUT2D eigenvalue weighted by Gasteiger charge is -2.09. The highest BCUT2D eigenvalue weighted by Gasteiger charge is 2.04. The summed E-state index contributed by atoms with van der Waals surface area (Å²) in [4.78, 5) is 10.1. The molecule has 0 aliphatic carbocycles. The molecule has 0 bridgehead atoms. The maximum Gasteiger partial charge on any atom is 0.269 e. The minimum Gasteiger partial charge on any atom is -0.381 e. The van der Waals surface area contributed by atoms with E-state index in [9.17, 15) is 10.1 Å². The van der Waals surface area contributed by atoms with Crippen LogP contribution in [0.4, 0.5) is 11.4 Å². The third-order valence-electron chi connectivity index (χ3n) is 2.95. The van der Waals surface area contributed by atoms with Crippen molar-refractivity contribution in [1.29, 1.82) is 5.26 Å². The molecule has 0 saturated heterocycles. The van der Waals surface area contributed by atoms with E-state index in [1.165, 1.54) is 12.1 Å². The predicted molar refractivity (Wildman–Crippen MR) is 76.2 cm³/mol. The van der Waals surface area contributed by atoms with E-state index in [2.05, 4.69) is 11.4 Å². The molecule has 20 heavy (non-hydrogen) atoms. The minimum atomic E-state index is -0.425. The Balaban J connectivity index is 2.05. The Kier molecular flexibility index (Phi) is 4.30. The van der Waals surface area contributed by atoms with Crippen LogP contribution < -0.4 is 5.32 Å². The number of nitrogens with one attached hydrogen (secondary N) is 1. The highest BCUT2D eigenvalue weighted by atomic mass is 16.6. The quantitative estimate of drug-likeness (QED) is 0.666. The highest BCUT2D eigenvalue weighted by molar-refractivity contribution is 5.49. The molecular weight excluding hydrogens is 254 g/mol. The Bertz CT molecular complexity index is 645. The maximum absolute atomic E-state index is 10.6. The van der Waals surface area contributed by atoms with Gasteiger partial charge < -0.3 is 5.32 Å². The molecule has 0 saturated carbocycles. The molecule has 5 heteroatoms. The Labute approximate surface area is 116 Å². The van der Waals surface area contributed by atoms with Gasteiger partial charge in [0.05, 0.1) is 17.4 Å². The van der Waals surface area contributed by atoms with Gasteiger partial charge in [-0.25, -0.2) is 0 Å². The van der Waals surface area contributed by atoms with Crippen LogP contribution >= 0.6 is 0 Å².